The highest BCUT2D eigenvalue weighted by Gasteiger charge is 2.31. The molecule has 0 radical (unpaired) electrons. The number of halogens is 1. The van der Waals surface area contributed by atoms with Crippen molar-refractivity contribution in [3.8, 4) is 0 Å². The Morgan fingerprint density at radius 3 is 2.79 bits per heavy atom. The van der Waals surface area contributed by atoms with Crippen molar-refractivity contribution in [1.29, 1.82) is 0 Å². The molecule has 1 aliphatic heterocycles. The minimum absolute atomic E-state index is 0.0592. The summed E-state index contributed by atoms with van der Waals surface area (Å²) < 4.78 is 1.18. The Hall–Kier alpha value is -2.38. The lowest BCUT2D eigenvalue weighted by Crippen LogP contribution is -2.50. The van der Waals surface area contributed by atoms with Gasteiger partial charge < -0.3 is 14.8 Å². The van der Waals surface area contributed by atoms with Crippen molar-refractivity contribution in [1.82, 2.24) is 19.8 Å². The van der Waals surface area contributed by atoms with Gasteiger partial charge in [-0.05, 0) is 11.6 Å². The quantitative estimate of drug-likeness (QED) is 0.828. The van der Waals surface area contributed by atoms with Crippen LogP contribution in [-0.4, -0.2) is 40.0 Å². The van der Waals surface area contributed by atoms with E-state index in [9.17, 15) is 14.4 Å². The first-order chi connectivity index (χ1) is 11.5. The molecule has 1 aliphatic rings. The lowest BCUT2D eigenvalue weighted by molar-refractivity contribution is 0.0631. The third kappa shape index (κ3) is 3.00. The van der Waals surface area contributed by atoms with Gasteiger partial charge in [-0.1, -0.05) is 29.8 Å². The summed E-state index contributed by atoms with van der Waals surface area (Å²) in [6, 6.07) is 7.04. The molecule has 1 amide bonds. The normalized spacial score (nSPS) is 17.8. The molecule has 126 valence electrons. The molecule has 1 aromatic carbocycles. The van der Waals surface area contributed by atoms with Crippen LogP contribution in [-0.2, 0) is 7.05 Å². The highest BCUT2D eigenvalue weighted by molar-refractivity contribution is 6.31. The number of hydrogen-bond donors (Lipinski definition) is 2. The van der Waals surface area contributed by atoms with Crippen molar-refractivity contribution < 1.29 is 4.79 Å². The van der Waals surface area contributed by atoms with Crippen molar-refractivity contribution in [2.45, 2.75) is 6.04 Å². The van der Waals surface area contributed by atoms with Gasteiger partial charge in [0.15, 0.2) is 0 Å². The predicted molar refractivity (Wildman–Crippen MR) is 90.4 cm³/mol. The fourth-order valence-electron chi connectivity index (χ4n) is 2.84. The number of H-pyrrole nitrogens is 1. The Morgan fingerprint density at radius 2 is 2.04 bits per heavy atom. The number of nitrogens with zero attached hydrogens (tertiary/aromatic N) is 2. The van der Waals surface area contributed by atoms with Crippen molar-refractivity contribution in [2.24, 2.45) is 7.05 Å². The number of nitrogens with one attached hydrogen (secondary N) is 2. The molecule has 2 heterocycles. The van der Waals surface area contributed by atoms with Crippen LogP contribution in [0.1, 0.15) is 22.0 Å². The number of amides is 1. The Bertz CT molecular complexity index is 889. The molecule has 7 nitrogen and oxygen atoms in total. The number of hydrogen-bond acceptors (Lipinski definition) is 4. The molecule has 8 heteroatoms. The van der Waals surface area contributed by atoms with Crippen molar-refractivity contribution in [3.05, 3.63) is 67.4 Å². The number of carbonyl (C=O) groups excluding carboxylic acids is 1. The van der Waals surface area contributed by atoms with Gasteiger partial charge in [0.25, 0.3) is 11.5 Å². The molecular weight excluding hydrogens is 332 g/mol. The van der Waals surface area contributed by atoms with Crippen LogP contribution in [0.4, 0.5) is 0 Å². The van der Waals surface area contributed by atoms with Crippen LogP contribution in [0.25, 0.3) is 0 Å². The van der Waals surface area contributed by atoms with Gasteiger partial charge in [0.2, 0.25) is 0 Å². The highest BCUT2D eigenvalue weighted by Crippen LogP contribution is 2.29. The Kier molecular flexibility index (Phi) is 4.55. The van der Waals surface area contributed by atoms with Gasteiger partial charge in [0.05, 0.1) is 6.04 Å². The van der Waals surface area contributed by atoms with Crippen LogP contribution in [0.2, 0.25) is 5.02 Å². The van der Waals surface area contributed by atoms with E-state index in [0.717, 1.165) is 5.56 Å². The summed E-state index contributed by atoms with van der Waals surface area (Å²) >= 11 is 6.27. The summed E-state index contributed by atoms with van der Waals surface area (Å²) in [7, 11) is 1.48. The van der Waals surface area contributed by atoms with E-state index in [1.807, 2.05) is 18.2 Å². The molecule has 0 saturated carbocycles. The third-order valence-electron chi connectivity index (χ3n) is 4.11. The Balaban J connectivity index is 2.01. The first-order valence-electron chi connectivity index (χ1n) is 7.55. The van der Waals surface area contributed by atoms with E-state index in [1.165, 1.54) is 17.8 Å². The van der Waals surface area contributed by atoms with Crippen LogP contribution in [0, 0.1) is 0 Å². The molecule has 1 saturated heterocycles. The molecule has 1 unspecified atom stereocenters. The average molecular weight is 349 g/mol. The molecule has 0 spiro atoms. The molecule has 3 rings (SSSR count). The molecule has 0 bridgehead atoms. The SMILES string of the molecule is Cn1cc(C(=O)N2CCNCC2c2ccccc2Cl)c(=O)[nH]c1=O. The second kappa shape index (κ2) is 6.62. The van der Waals surface area contributed by atoms with Gasteiger partial charge in [0, 0.05) is 37.9 Å². The maximum Gasteiger partial charge on any atom is 0.328 e. The van der Waals surface area contributed by atoms with E-state index in [2.05, 4.69) is 10.3 Å². The number of benzene rings is 1. The zero-order valence-corrected chi connectivity index (χ0v) is 13.8. The number of aryl methyl sites for hydroxylation is 1. The first kappa shape index (κ1) is 16.5. The molecule has 24 heavy (non-hydrogen) atoms. The largest absolute Gasteiger partial charge is 0.329 e. The van der Waals surface area contributed by atoms with Crippen LogP contribution >= 0.6 is 11.6 Å². The van der Waals surface area contributed by atoms with Gasteiger partial charge in [-0.25, -0.2) is 4.79 Å². The van der Waals surface area contributed by atoms with Crippen LogP contribution in [0.15, 0.2) is 40.1 Å². The van der Waals surface area contributed by atoms with Crippen LogP contribution in [0.3, 0.4) is 0 Å². The number of rotatable bonds is 2. The van der Waals surface area contributed by atoms with E-state index in [0.29, 0.717) is 24.7 Å². The second-order valence-electron chi connectivity index (χ2n) is 5.65. The number of piperazine rings is 1. The van der Waals surface area contributed by atoms with E-state index >= 15 is 0 Å². The van der Waals surface area contributed by atoms with Crippen molar-refractivity contribution in [3.63, 3.8) is 0 Å². The van der Waals surface area contributed by atoms with E-state index in [-0.39, 0.29) is 11.6 Å². The maximum atomic E-state index is 12.9. The van der Waals surface area contributed by atoms with E-state index in [1.54, 1.807) is 11.0 Å². The van der Waals surface area contributed by atoms with Gasteiger partial charge in [-0.3, -0.25) is 14.6 Å². The fraction of sp³-hybridized carbons (Fsp3) is 0.312. The van der Waals surface area contributed by atoms with Crippen LogP contribution in [0.5, 0.6) is 0 Å². The molecule has 0 aliphatic carbocycles. The molecule has 1 aromatic heterocycles. The summed E-state index contributed by atoms with van der Waals surface area (Å²) in [6.45, 7) is 1.60. The lowest BCUT2D eigenvalue weighted by atomic mass is 10.0. The van der Waals surface area contributed by atoms with Gasteiger partial charge in [0.1, 0.15) is 5.56 Å². The summed E-state index contributed by atoms with van der Waals surface area (Å²) in [6.07, 6.45) is 1.27. The van der Waals surface area contributed by atoms with Gasteiger partial charge in [-0.2, -0.15) is 0 Å². The minimum atomic E-state index is -0.681. The summed E-state index contributed by atoms with van der Waals surface area (Å²) in [4.78, 5) is 40.2. The summed E-state index contributed by atoms with van der Waals surface area (Å²) in [5.41, 5.74) is -0.476. The van der Waals surface area contributed by atoms with Gasteiger partial charge >= 0.3 is 5.69 Å². The monoisotopic (exact) mass is 348 g/mol. The van der Waals surface area contributed by atoms with Crippen molar-refractivity contribution >= 4 is 17.5 Å². The molecule has 2 N–H and O–H groups in total. The lowest BCUT2D eigenvalue weighted by Gasteiger charge is -2.36. The van der Waals surface area contributed by atoms with Crippen molar-refractivity contribution in [2.75, 3.05) is 19.6 Å². The first-order valence-corrected chi connectivity index (χ1v) is 7.93. The van der Waals surface area contributed by atoms with E-state index < -0.39 is 17.2 Å². The van der Waals surface area contributed by atoms with E-state index in [4.69, 9.17) is 11.6 Å². The smallest absolute Gasteiger partial charge is 0.328 e. The average Bonchev–Trinajstić information content (AvgIpc) is 2.58. The second-order valence-corrected chi connectivity index (χ2v) is 6.06. The molecule has 2 aromatic rings. The number of carbonyl (C=O) groups is 1. The Labute approximate surface area is 142 Å². The third-order valence-corrected chi connectivity index (χ3v) is 4.45. The fourth-order valence-corrected chi connectivity index (χ4v) is 3.10. The molecule has 1 fully saturated rings. The summed E-state index contributed by atoms with van der Waals surface area (Å²) in [5, 5.41) is 3.81. The minimum Gasteiger partial charge on any atom is -0.329 e. The topological polar surface area (TPSA) is 87.2 Å². The molecule has 1 atom stereocenters. The maximum absolute atomic E-state index is 12.9. The number of aromatic nitrogens is 2. The predicted octanol–water partition coefficient (Wildman–Crippen LogP) is 0.514. The standard InChI is InChI=1S/C16H17ClN4O3/c1-20-9-11(14(22)19-16(20)24)15(23)21-7-6-18-8-13(21)10-4-2-3-5-12(10)17/h2-5,9,13,18H,6-8H2,1H3,(H,19,22,24). The molecular formula is C16H17ClN4O3. The zero-order chi connectivity index (χ0) is 17.3. The Morgan fingerprint density at radius 1 is 1.29 bits per heavy atom. The van der Waals surface area contributed by atoms with Gasteiger partial charge in [-0.15, -0.1) is 0 Å². The zero-order valence-electron chi connectivity index (χ0n) is 13.1. The number of aromatic amines is 1. The summed E-state index contributed by atoms with van der Waals surface area (Å²) in [5.74, 6) is -0.418. The van der Waals surface area contributed by atoms with Crippen LogP contribution < -0.4 is 16.6 Å². The highest BCUT2D eigenvalue weighted by atomic mass is 35.5.